The van der Waals surface area contributed by atoms with Crippen molar-refractivity contribution in [2.45, 2.75) is 61.5 Å². The Morgan fingerprint density at radius 3 is 1.81 bits per heavy atom. The quantitative estimate of drug-likeness (QED) is 0.0862. The highest BCUT2D eigenvalue weighted by Gasteiger charge is 2.30. The number of hydrogen-bond donors (Lipinski definition) is 4. The molecule has 48 heavy (non-hydrogen) atoms. The predicted molar refractivity (Wildman–Crippen MR) is 197 cm³/mol. The van der Waals surface area contributed by atoms with E-state index in [1.807, 2.05) is 74.7 Å². The van der Waals surface area contributed by atoms with Gasteiger partial charge in [-0.05, 0) is 52.7 Å². The van der Waals surface area contributed by atoms with Crippen molar-refractivity contribution in [2.24, 2.45) is 5.92 Å². The van der Waals surface area contributed by atoms with Crippen LogP contribution in [-0.2, 0) is 27.3 Å². The van der Waals surface area contributed by atoms with Gasteiger partial charge in [-0.15, -0.1) is 11.8 Å². The Hall–Kier alpha value is -4.05. The molecule has 0 spiro atoms. The third kappa shape index (κ3) is 11.0. The lowest BCUT2D eigenvalue weighted by molar-refractivity contribution is -0.142. The van der Waals surface area contributed by atoms with Crippen molar-refractivity contribution in [3.05, 3.63) is 138 Å². The summed E-state index contributed by atoms with van der Waals surface area (Å²) < 4.78 is 0. The molecule has 3 atom stereocenters. The molecule has 0 saturated carbocycles. The van der Waals surface area contributed by atoms with Gasteiger partial charge in [0.15, 0.2) is 0 Å². The second-order valence-corrected chi connectivity index (χ2v) is 14.1. The minimum Gasteiger partial charge on any atom is -0.480 e. The summed E-state index contributed by atoms with van der Waals surface area (Å²) in [6.45, 7) is 4.38. The van der Waals surface area contributed by atoms with Gasteiger partial charge in [-0.25, -0.2) is 4.79 Å². The Labute approximate surface area is 292 Å². The molecule has 4 aromatic rings. The molecule has 0 bridgehead atoms. The van der Waals surface area contributed by atoms with Crippen LogP contribution in [-0.4, -0.2) is 53.0 Å². The van der Waals surface area contributed by atoms with Crippen LogP contribution in [0.3, 0.4) is 0 Å². The first-order valence-electron chi connectivity index (χ1n) is 16.2. The standard InChI is InChI=1S/C39H45N3O4S2/c1-27(2)35(38(44)42-33(25-28-15-7-4-8-16-28)37(43)41-32(39(45)46)23-24-47-3)40-26-31-21-13-14-22-34(31)48-36(29-17-9-5-10-18-29)30-19-11-6-12-20-30/h4-22,27,32-33,35-36,40H,23-26H2,1-3H3,(H,41,43)(H,42,44)(H,45,46)/t32-,33-,35-/m0/s1. The highest BCUT2D eigenvalue weighted by Crippen LogP contribution is 2.41. The number of benzene rings is 4. The van der Waals surface area contributed by atoms with Gasteiger partial charge in [0, 0.05) is 17.9 Å². The van der Waals surface area contributed by atoms with Crippen LogP contribution in [0.5, 0.6) is 0 Å². The van der Waals surface area contributed by atoms with Crippen LogP contribution in [0.2, 0.25) is 0 Å². The largest absolute Gasteiger partial charge is 0.480 e. The molecule has 252 valence electrons. The second kappa shape index (κ2) is 19.1. The number of nitrogens with one attached hydrogen (secondary N) is 3. The molecule has 0 heterocycles. The third-order valence-corrected chi connectivity index (χ3v) is 10.1. The van der Waals surface area contributed by atoms with E-state index in [4.69, 9.17) is 0 Å². The molecule has 0 fully saturated rings. The average Bonchev–Trinajstić information content (AvgIpc) is 3.10. The molecule has 0 radical (unpaired) electrons. The molecular weight excluding hydrogens is 639 g/mol. The molecule has 0 aliphatic carbocycles. The number of thioether (sulfide) groups is 2. The Morgan fingerprint density at radius 1 is 0.708 bits per heavy atom. The summed E-state index contributed by atoms with van der Waals surface area (Å²) in [4.78, 5) is 40.4. The maximum absolute atomic E-state index is 13.9. The van der Waals surface area contributed by atoms with Gasteiger partial charge in [0.25, 0.3) is 0 Å². The number of carboxylic acid groups (broad SMARTS) is 1. The smallest absolute Gasteiger partial charge is 0.326 e. The molecule has 7 nitrogen and oxygen atoms in total. The molecule has 4 N–H and O–H groups in total. The molecule has 0 aliphatic rings. The van der Waals surface area contributed by atoms with Crippen molar-refractivity contribution >= 4 is 41.3 Å². The van der Waals surface area contributed by atoms with Crippen molar-refractivity contribution in [1.29, 1.82) is 0 Å². The number of hydrogen-bond acceptors (Lipinski definition) is 6. The molecule has 2 amide bonds. The van der Waals surface area contributed by atoms with Gasteiger partial charge in [-0.1, -0.05) is 123 Å². The van der Waals surface area contributed by atoms with E-state index in [9.17, 15) is 19.5 Å². The number of amides is 2. The van der Waals surface area contributed by atoms with Gasteiger partial charge in [0.1, 0.15) is 12.1 Å². The van der Waals surface area contributed by atoms with Crippen molar-refractivity contribution < 1.29 is 19.5 Å². The number of carbonyl (C=O) groups is 3. The lowest BCUT2D eigenvalue weighted by atomic mass is 10.0. The Balaban J connectivity index is 1.51. The van der Waals surface area contributed by atoms with Gasteiger partial charge >= 0.3 is 5.97 Å². The van der Waals surface area contributed by atoms with E-state index < -0.39 is 30.0 Å². The highest BCUT2D eigenvalue weighted by molar-refractivity contribution is 7.99. The SMILES string of the molecule is CSCC[C@H](NC(=O)[C@H](Cc1ccccc1)NC(=O)[C@@H](NCc1ccccc1SC(c1ccccc1)c1ccccc1)C(C)C)C(=O)O. The van der Waals surface area contributed by atoms with Crippen LogP contribution < -0.4 is 16.0 Å². The summed E-state index contributed by atoms with van der Waals surface area (Å²) in [5, 5.41) is 18.9. The van der Waals surface area contributed by atoms with Crippen LogP contribution in [0.15, 0.2) is 120 Å². The fourth-order valence-corrected chi connectivity index (χ4v) is 7.17. The van der Waals surface area contributed by atoms with E-state index >= 15 is 0 Å². The number of rotatable bonds is 18. The maximum Gasteiger partial charge on any atom is 0.326 e. The van der Waals surface area contributed by atoms with Gasteiger partial charge in [0.05, 0.1) is 11.3 Å². The average molecular weight is 684 g/mol. The van der Waals surface area contributed by atoms with Crippen molar-refractivity contribution in [2.75, 3.05) is 12.0 Å². The fraction of sp³-hybridized carbons (Fsp3) is 0.308. The Morgan fingerprint density at radius 2 is 1.25 bits per heavy atom. The zero-order chi connectivity index (χ0) is 34.3. The van der Waals surface area contributed by atoms with E-state index in [1.165, 1.54) is 22.9 Å². The molecule has 4 rings (SSSR count). The first-order chi connectivity index (χ1) is 23.3. The van der Waals surface area contributed by atoms with Crippen molar-refractivity contribution in [1.82, 2.24) is 16.0 Å². The van der Waals surface area contributed by atoms with Crippen LogP contribution in [0.25, 0.3) is 0 Å². The Kier molecular flexibility index (Phi) is 14.6. The fourth-order valence-electron chi connectivity index (χ4n) is 5.41. The summed E-state index contributed by atoms with van der Waals surface area (Å²) in [5.74, 6) is -1.42. The second-order valence-electron chi connectivity index (χ2n) is 12.0. The molecule has 0 saturated heterocycles. The monoisotopic (exact) mass is 683 g/mol. The summed E-state index contributed by atoms with van der Waals surface area (Å²) >= 11 is 3.29. The summed E-state index contributed by atoms with van der Waals surface area (Å²) in [6.07, 6.45) is 2.41. The van der Waals surface area contributed by atoms with E-state index in [0.29, 0.717) is 12.3 Å². The normalized spacial score (nSPS) is 13.1. The molecule has 0 aromatic heterocycles. The maximum atomic E-state index is 13.9. The summed E-state index contributed by atoms with van der Waals surface area (Å²) in [7, 11) is 0. The van der Waals surface area contributed by atoms with Gasteiger partial charge in [-0.2, -0.15) is 11.8 Å². The number of carbonyl (C=O) groups excluding carboxylic acids is 2. The number of aliphatic carboxylic acids is 1. The van der Waals surface area contributed by atoms with Gasteiger partial charge in [-0.3, -0.25) is 9.59 Å². The molecular formula is C39H45N3O4S2. The zero-order valence-corrected chi connectivity index (χ0v) is 29.3. The molecule has 9 heteroatoms. The van der Waals surface area contributed by atoms with Gasteiger partial charge in [0.2, 0.25) is 11.8 Å². The highest BCUT2D eigenvalue weighted by atomic mass is 32.2. The Bertz CT molecular complexity index is 1550. The minimum atomic E-state index is -1.10. The van der Waals surface area contributed by atoms with E-state index in [-0.39, 0.29) is 29.9 Å². The molecule has 0 unspecified atom stereocenters. The van der Waals surface area contributed by atoms with Crippen molar-refractivity contribution in [3.8, 4) is 0 Å². The topological polar surface area (TPSA) is 108 Å². The third-order valence-electron chi connectivity index (χ3n) is 8.02. The molecule has 4 aromatic carbocycles. The first-order valence-corrected chi connectivity index (χ1v) is 18.5. The van der Waals surface area contributed by atoms with E-state index in [2.05, 4.69) is 76.6 Å². The minimum absolute atomic E-state index is 0.0833. The summed E-state index contributed by atoms with van der Waals surface area (Å²) in [6, 6.07) is 35.9. The van der Waals surface area contributed by atoms with Crippen molar-refractivity contribution in [3.63, 3.8) is 0 Å². The molecule has 0 aliphatic heterocycles. The van der Waals surface area contributed by atoms with Crippen LogP contribution in [0.1, 0.15) is 47.8 Å². The van der Waals surface area contributed by atoms with Crippen LogP contribution in [0.4, 0.5) is 0 Å². The van der Waals surface area contributed by atoms with Crippen LogP contribution in [0, 0.1) is 5.92 Å². The van der Waals surface area contributed by atoms with Gasteiger partial charge < -0.3 is 21.1 Å². The zero-order valence-electron chi connectivity index (χ0n) is 27.7. The first kappa shape index (κ1) is 36.8. The van der Waals surface area contributed by atoms with E-state index in [1.54, 1.807) is 11.8 Å². The summed E-state index contributed by atoms with van der Waals surface area (Å²) in [5.41, 5.74) is 4.34. The van der Waals surface area contributed by atoms with E-state index in [0.717, 1.165) is 16.0 Å². The number of carboxylic acids is 1. The lowest BCUT2D eigenvalue weighted by Crippen LogP contribution is -2.56. The lowest BCUT2D eigenvalue weighted by Gasteiger charge is -2.27. The predicted octanol–water partition coefficient (Wildman–Crippen LogP) is 6.73. The van der Waals surface area contributed by atoms with Crippen LogP contribution >= 0.6 is 23.5 Å².